The van der Waals surface area contributed by atoms with Gasteiger partial charge in [0.1, 0.15) is 18.1 Å². The van der Waals surface area contributed by atoms with Crippen molar-refractivity contribution in [1.82, 2.24) is 0 Å². The van der Waals surface area contributed by atoms with Crippen molar-refractivity contribution in [2.45, 2.75) is 32.3 Å². The largest absolute Gasteiger partial charge is 0.493 e. The molecule has 0 aliphatic carbocycles. The third-order valence-electron chi connectivity index (χ3n) is 6.29. The van der Waals surface area contributed by atoms with Crippen molar-refractivity contribution in [3.05, 3.63) is 99.5 Å². The van der Waals surface area contributed by atoms with Crippen LogP contribution >= 0.6 is 15.9 Å². The maximum absolute atomic E-state index is 6.24. The molecule has 5 rings (SSSR count). The molecule has 32 heavy (non-hydrogen) atoms. The Hall–Kier alpha value is -2.72. The van der Waals surface area contributed by atoms with Crippen LogP contribution in [0.5, 0.6) is 11.5 Å². The molecule has 0 saturated carbocycles. The molecule has 2 aliphatic heterocycles. The van der Waals surface area contributed by atoms with Crippen LogP contribution in [-0.4, -0.2) is 19.7 Å². The monoisotopic (exact) mass is 489 g/mol. The molecule has 0 aromatic heterocycles. The van der Waals surface area contributed by atoms with Crippen molar-refractivity contribution in [3.63, 3.8) is 0 Å². The minimum absolute atomic E-state index is 0.551. The van der Waals surface area contributed by atoms with Crippen LogP contribution in [0, 0.1) is 0 Å². The summed E-state index contributed by atoms with van der Waals surface area (Å²) in [4.78, 5) is 2.44. The summed E-state index contributed by atoms with van der Waals surface area (Å²) >= 11 is 3.78. The second-order valence-electron chi connectivity index (χ2n) is 8.51. The smallest absolute Gasteiger partial charge is 0.141 e. The first-order valence-corrected chi connectivity index (χ1v) is 12.1. The number of halogens is 1. The summed E-state index contributed by atoms with van der Waals surface area (Å²) in [7, 11) is 0. The summed E-state index contributed by atoms with van der Waals surface area (Å²) in [5.74, 6) is 1.91. The number of hydrogen-bond donors (Lipinski definition) is 0. The highest BCUT2D eigenvalue weighted by molar-refractivity contribution is 9.10. The van der Waals surface area contributed by atoms with Crippen LogP contribution in [0.1, 0.15) is 34.2 Å². The normalized spacial score (nSPS) is 14.5. The van der Waals surface area contributed by atoms with E-state index in [1.165, 1.54) is 34.4 Å². The fraction of sp³-hybridized carbons (Fsp3) is 0.286. The van der Waals surface area contributed by atoms with Gasteiger partial charge in [0.25, 0.3) is 0 Å². The highest BCUT2D eigenvalue weighted by Crippen LogP contribution is 2.43. The predicted octanol–water partition coefficient (Wildman–Crippen LogP) is 6.49. The van der Waals surface area contributed by atoms with Crippen LogP contribution in [0.4, 0.5) is 5.69 Å². The van der Waals surface area contributed by atoms with Crippen LogP contribution in [0.2, 0.25) is 0 Å². The Kier molecular flexibility index (Phi) is 6.22. The van der Waals surface area contributed by atoms with E-state index in [1.807, 2.05) is 24.3 Å². The Morgan fingerprint density at radius 2 is 1.94 bits per heavy atom. The van der Waals surface area contributed by atoms with Gasteiger partial charge in [-0.1, -0.05) is 48.5 Å². The average molecular weight is 490 g/mol. The third-order valence-corrected chi connectivity index (χ3v) is 6.88. The Bertz CT molecular complexity index is 1130. The number of hydrogen-bond acceptors (Lipinski definition) is 3. The van der Waals surface area contributed by atoms with Gasteiger partial charge in [-0.15, -0.1) is 6.58 Å². The molecular formula is C28H28BrNO2. The van der Waals surface area contributed by atoms with Gasteiger partial charge in [0.2, 0.25) is 0 Å². The van der Waals surface area contributed by atoms with Gasteiger partial charge in [0, 0.05) is 42.7 Å². The highest BCUT2D eigenvalue weighted by atomic mass is 79.9. The van der Waals surface area contributed by atoms with E-state index < -0.39 is 0 Å². The molecule has 0 radical (unpaired) electrons. The van der Waals surface area contributed by atoms with E-state index in [0.717, 1.165) is 53.9 Å². The summed E-state index contributed by atoms with van der Waals surface area (Å²) in [6, 6.07) is 19.4. The van der Waals surface area contributed by atoms with Crippen molar-refractivity contribution < 1.29 is 9.47 Å². The molecule has 164 valence electrons. The van der Waals surface area contributed by atoms with Gasteiger partial charge >= 0.3 is 0 Å². The van der Waals surface area contributed by atoms with Gasteiger partial charge in [0.15, 0.2) is 0 Å². The molecule has 0 saturated heterocycles. The molecule has 4 heteroatoms. The molecule has 2 aliphatic rings. The number of fused-ring (bicyclic) bond motifs is 2. The third kappa shape index (κ3) is 4.29. The number of aryl methyl sites for hydroxylation is 1. The standard InChI is InChI=1S/C28H28BrNO2/c1-2-13-30-14-6-9-22-11-10-21(17-26(22)30)16-23-18-25(29)28(24-12-15-31-27(23)24)32-19-20-7-4-3-5-8-20/h2-5,7-8,10-11,17-18H,1,6,9,12-16,19H2. The molecular weight excluding hydrogens is 462 g/mol. The van der Waals surface area contributed by atoms with Crippen LogP contribution in [0.25, 0.3) is 0 Å². The van der Waals surface area contributed by atoms with Crippen LogP contribution in [0.3, 0.4) is 0 Å². The van der Waals surface area contributed by atoms with Crippen LogP contribution in [-0.2, 0) is 25.9 Å². The number of nitrogens with zero attached hydrogens (tertiary/aromatic N) is 1. The number of anilines is 1. The number of benzene rings is 3. The maximum atomic E-state index is 6.24. The predicted molar refractivity (Wildman–Crippen MR) is 134 cm³/mol. The lowest BCUT2D eigenvalue weighted by Gasteiger charge is -2.31. The Labute approximate surface area is 198 Å². The van der Waals surface area contributed by atoms with E-state index in [0.29, 0.717) is 13.2 Å². The van der Waals surface area contributed by atoms with Gasteiger partial charge in [-0.05, 0) is 57.6 Å². The molecule has 0 fully saturated rings. The summed E-state index contributed by atoms with van der Waals surface area (Å²) < 4.78 is 13.3. The van der Waals surface area contributed by atoms with Crippen molar-refractivity contribution >= 4 is 21.6 Å². The van der Waals surface area contributed by atoms with Crippen LogP contribution < -0.4 is 14.4 Å². The molecule has 0 bridgehead atoms. The molecule has 3 nitrogen and oxygen atoms in total. The van der Waals surface area contributed by atoms with Gasteiger partial charge in [-0.3, -0.25) is 0 Å². The topological polar surface area (TPSA) is 21.7 Å². The van der Waals surface area contributed by atoms with Crippen molar-refractivity contribution in [2.24, 2.45) is 0 Å². The quantitative estimate of drug-likeness (QED) is 0.354. The van der Waals surface area contributed by atoms with Crippen LogP contribution in [0.15, 0.2) is 71.7 Å². The molecule has 3 aromatic carbocycles. The molecule has 0 N–H and O–H groups in total. The van der Waals surface area contributed by atoms with Crippen molar-refractivity contribution in [1.29, 1.82) is 0 Å². The van der Waals surface area contributed by atoms with E-state index in [2.05, 4.69) is 63.8 Å². The molecule has 3 aromatic rings. The summed E-state index contributed by atoms with van der Waals surface area (Å²) in [6.45, 7) is 7.19. The van der Waals surface area contributed by atoms with E-state index in [1.54, 1.807) is 0 Å². The lowest BCUT2D eigenvalue weighted by molar-refractivity contribution is 0.301. The van der Waals surface area contributed by atoms with Gasteiger partial charge in [0.05, 0.1) is 11.1 Å². The first-order valence-electron chi connectivity index (χ1n) is 11.3. The molecule has 0 amide bonds. The Morgan fingerprint density at radius 1 is 1.06 bits per heavy atom. The second kappa shape index (κ2) is 9.41. The Morgan fingerprint density at radius 3 is 2.78 bits per heavy atom. The number of rotatable bonds is 7. The molecule has 0 spiro atoms. The second-order valence-corrected chi connectivity index (χ2v) is 9.36. The molecule has 0 unspecified atom stereocenters. The minimum atomic E-state index is 0.551. The lowest BCUT2D eigenvalue weighted by atomic mass is 9.95. The fourth-order valence-corrected chi connectivity index (χ4v) is 5.41. The van der Waals surface area contributed by atoms with Gasteiger partial charge in [-0.25, -0.2) is 0 Å². The fourth-order valence-electron chi connectivity index (χ4n) is 4.78. The first-order chi connectivity index (χ1) is 15.7. The Balaban J connectivity index is 1.42. The zero-order valence-corrected chi connectivity index (χ0v) is 19.9. The molecule has 2 heterocycles. The van der Waals surface area contributed by atoms with E-state index in [9.17, 15) is 0 Å². The van der Waals surface area contributed by atoms with Gasteiger partial charge < -0.3 is 14.4 Å². The summed E-state index contributed by atoms with van der Waals surface area (Å²) in [6.07, 6.45) is 6.08. The van der Waals surface area contributed by atoms with E-state index in [4.69, 9.17) is 9.47 Å². The summed E-state index contributed by atoms with van der Waals surface area (Å²) in [5.41, 5.74) is 7.65. The zero-order valence-electron chi connectivity index (χ0n) is 18.3. The highest BCUT2D eigenvalue weighted by Gasteiger charge is 2.25. The van der Waals surface area contributed by atoms with Crippen molar-refractivity contribution in [2.75, 3.05) is 24.6 Å². The van der Waals surface area contributed by atoms with Crippen molar-refractivity contribution in [3.8, 4) is 11.5 Å². The zero-order chi connectivity index (χ0) is 21.9. The number of ether oxygens (including phenoxy) is 2. The molecule has 0 atom stereocenters. The maximum Gasteiger partial charge on any atom is 0.141 e. The minimum Gasteiger partial charge on any atom is -0.493 e. The first kappa shape index (κ1) is 21.1. The average Bonchev–Trinajstić information content (AvgIpc) is 3.30. The van der Waals surface area contributed by atoms with Gasteiger partial charge in [-0.2, -0.15) is 0 Å². The van der Waals surface area contributed by atoms with E-state index in [-0.39, 0.29) is 0 Å². The SMILES string of the molecule is C=CCN1CCCc2ccc(Cc3cc(Br)c(OCc4ccccc4)c4c3OCC4)cc21. The van der Waals surface area contributed by atoms with E-state index >= 15 is 0 Å². The summed E-state index contributed by atoms with van der Waals surface area (Å²) in [5, 5.41) is 0. The lowest BCUT2D eigenvalue weighted by Crippen LogP contribution is -2.29.